The second-order valence-electron chi connectivity index (χ2n) is 5.54. The van der Waals surface area contributed by atoms with Crippen LogP contribution in [-0.4, -0.2) is 18.9 Å². The Morgan fingerprint density at radius 3 is 2.38 bits per heavy atom. The number of nitrogens with one attached hydrogen (secondary N) is 1. The number of halogens is 3. The Morgan fingerprint density at radius 1 is 1.00 bits per heavy atom. The van der Waals surface area contributed by atoms with Crippen molar-refractivity contribution in [1.82, 2.24) is 0 Å². The summed E-state index contributed by atoms with van der Waals surface area (Å²) in [6.45, 7) is 1.82. The van der Waals surface area contributed by atoms with E-state index in [2.05, 4.69) is 5.32 Å². The highest BCUT2D eigenvalue weighted by atomic mass is 35.5. The van der Waals surface area contributed by atoms with Crippen LogP contribution in [0.1, 0.15) is 5.56 Å². The van der Waals surface area contributed by atoms with Crippen molar-refractivity contribution in [2.75, 3.05) is 17.3 Å². The van der Waals surface area contributed by atoms with E-state index in [9.17, 15) is 9.59 Å². The summed E-state index contributed by atoms with van der Waals surface area (Å²) in [6, 6.07) is 9.74. The van der Waals surface area contributed by atoms with Gasteiger partial charge in [0.1, 0.15) is 16.5 Å². The van der Waals surface area contributed by atoms with E-state index in [4.69, 9.17) is 39.5 Å². The summed E-state index contributed by atoms with van der Waals surface area (Å²) in [5.41, 5.74) is 1.52. The zero-order chi connectivity index (χ0) is 19.0. The number of hydrogen-bond donors (Lipinski definition) is 1. The van der Waals surface area contributed by atoms with E-state index in [0.717, 1.165) is 10.5 Å². The van der Waals surface area contributed by atoms with Gasteiger partial charge in [0.05, 0.1) is 18.5 Å². The minimum Gasteiger partial charge on any atom is -0.495 e. The maximum Gasteiger partial charge on any atom is 0.283 e. The van der Waals surface area contributed by atoms with Gasteiger partial charge in [-0.15, -0.1) is 0 Å². The van der Waals surface area contributed by atoms with E-state index in [-0.39, 0.29) is 10.7 Å². The van der Waals surface area contributed by atoms with Gasteiger partial charge in [-0.2, -0.15) is 0 Å². The number of carbonyl (C=O) groups is 2. The molecule has 134 valence electrons. The maximum absolute atomic E-state index is 12.8. The number of nitrogens with zero attached hydrogens (tertiary/aromatic N) is 1. The molecule has 0 bridgehead atoms. The summed E-state index contributed by atoms with van der Waals surface area (Å²) >= 11 is 18.2. The van der Waals surface area contributed by atoms with Gasteiger partial charge in [-0.3, -0.25) is 9.59 Å². The van der Waals surface area contributed by atoms with Crippen molar-refractivity contribution < 1.29 is 14.3 Å². The molecule has 8 heteroatoms. The lowest BCUT2D eigenvalue weighted by molar-refractivity contribution is -0.120. The maximum atomic E-state index is 12.8. The van der Waals surface area contributed by atoms with Crippen molar-refractivity contribution in [3.63, 3.8) is 0 Å². The van der Waals surface area contributed by atoms with Crippen molar-refractivity contribution in [1.29, 1.82) is 0 Å². The second-order valence-corrected chi connectivity index (χ2v) is 6.76. The Morgan fingerprint density at radius 2 is 1.73 bits per heavy atom. The molecule has 0 radical (unpaired) electrons. The summed E-state index contributed by atoms with van der Waals surface area (Å²) in [5.74, 6) is -0.787. The number of methoxy groups -OCH3 is 1. The van der Waals surface area contributed by atoms with E-state index in [1.807, 2.05) is 6.92 Å². The fourth-order valence-corrected chi connectivity index (χ4v) is 3.04. The number of amides is 2. The van der Waals surface area contributed by atoms with Crippen molar-refractivity contribution in [2.24, 2.45) is 0 Å². The van der Waals surface area contributed by atoms with E-state index in [1.54, 1.807) is 36.4 Å². The monoisotopic (exact) mass is 410 g/mol. The van der Waals surface area contributed by atoms with Crippen LogP contribution in [0, 0.1) is 6.92 Å². The van der Waals surface area contributed by atoms with Crippen molar-refractivity contribution >= 4 is 58.0 Å². The minimum atomic E-state index is -0.639. The fraction of sp³-hybridized carbons (Fsp3) is 0.111. The predicted octanol–water partition coefficient (Wildman–Crippen LogP) is 4.75. The molecule has 1 aliphatic rings. The first-order chi connectivity index (χ1) is 12.3. The third-order valence-corrected chi connectivity index (χ3v) is 4.86. The van der Waals surface area contributed by atoms with E-state index in [0.29, 0.717) is 27.2 Å². The van der Waals surface area contributed by atoms with Crippen molar-refractivity contribution in [3.05, 3.63) is 62.7 Å². The topological polar surface area (TPSA) is 58.6 Å². The van der Waals surface area contributed by atoms with E-state index in [1.165, 1.54) is 7.11 Å². The summed E-state index contributed by atoms with van der Waals surface area (Å²) < 4.78 is 5.23. The molecule has 1 N–H and O–H groups in total. The van der Waals surface area contributed by atoms with Crippen molar-refractivity contribution in [3.8, 4) is 5.75 Å². The van der Waals surface area contributed by atoms with E-state index < -0.39 is 11.8 Å². The van der Waals surface area contributed by atoms with Crippen LogP contribution in [0.4, 0.5) is 11.4 Å². The quantitative estimate of drug-likeness (QED) is 0.738. The smallest absolute Gasteiger partial charge is 0.283 e. The Labute approximate surface area is 165 Å². The summed E-state index contributed by atoms with van der Waals surface area (Å²) in [4.78, 5) is 26.3. The number of hydrogen-bond acceptors (Lipinski definition) is 4. The van der Waals surface area contributed by atoms with Gasteiger partial charge in [0, 0.05) is 10.0 Å². The van der Waals surface area contributed by atoms with Crippen LogP contribution in [0.5, 0.6) is 5.75 Å². The van der Waals surface area contributed by atoms with E-state index >= 15 is 0 Å². The fourth-order valence-electron chi connectivity index (χ4n) is 2.48. The average molecular weight is 412 g/mol. The van der Waals surface area contributed by atoms with Gasteiger partial charge in [-0.1, -0.05) is 40.9 Å². The molecule has 0 aliphatic carbocycles. The van der Waals surface area contributed by atoms with Gasteiger partial charge in [0.15, 0.2) is 0 Å². The van der Waals surface area contributed by atoms with Gasteiger partial charge in [0.25, 0.3) is 11.8 Å². The normalized spacial score (nSPS) is 14.3. The molecule has 0 fully saturated rings. The molecule has 0 atom stereocenters. The molecule has 0 unspecified atom stereocenters. The van der Waals surface area contributed by atoms with Gasteiger partial charge >= 0.3 is 0 Å². The largest absolute Gasteiger partial charge is 0.495 e. The third-order valence-electron chi connectivity index (χ3n) is 3.86. The number of ether oxygens (including phenoxy) is 1. The van der Waals surface area contributed by atoms with Crippen molar-refractivity contribution in [2.45, 2.75) is 6.92 Å². The first-order valence-corrected chi connectivity index (χ1v) is 8.62. The highest BCUT2D eigenvalue weighted by Crippen LogP contribution is 2.35. The summed E-state index contributed by atoms with van der Waals surface area (Å²) in [5, 5.41) is 3.50. The Bertz CT molecular complexity index is 957. The van der Waals surface area contributed by atoms with Gasteiger partial charge in [-0.25, -0.2) is 4.90 Å². The molecule has 0 aromatic heterocycles. The molecule has 0 spiro atoms. The number of benzene rings is 2. The van der Waals surface area contributed by atoms with Crippen LogP contribution in [0.2, 0.25) is 10.0 Å². The molecule has 2 amide bonds. The molecule has 2 aromatic rings. The predicted molar refractivity (Wildman–Crippen MR) is 103 cm³/mol. The number of carbonyl (C=O) groups excluding carboxylic acids is 2. The standard InChI is InChI=1S/C18H13Cl3N2O3/c1-9-3-5-11(8-12(9)20)23-17(24)15(21)16(18(23)25)22-13-7-10(19)4-6-14(13)26-2/h3-8,22H,1-2H3. The highest BCUT2D eigenvalue weighted by molar-refractivity contribution is 6.53. The number of aryl methyl sites for hydroxylation is 1. The van der Waals surface area contributed by atoms with Gasteiger partial charge in [0.2, 0.25) is 0 Å². The Kier molecular flexibility index (Phi) is 5.14. The van der Waals surface area contributed by atoms with Crippen LogP contribution in [0.25, 0.3) is 0 Å². The lowest BCUT2D eigenvalue weighted by atomic mass is 10.2. The summed E-state index contributed by atoms with van der Waals surface area (Å²) in [7, 11) is 1.48. The Balaban J connectivity index is 1.97. The lowest BCUT2D eigenvalue weighted by Gasteiger charge is -2.16. The molecule has 26 heavy (non-hydrogen) atoms. The molecule has 0 saturated heterocycles. The number of rotatable bonds is 4. The molecule has 3 rings (SSSR count). The molecule has 0 saturated carbocycles. The van der Waals surface area contributed by atoms with Gasteiger partial charge < -0.3 is 10.1 Å². The van der Waals surface area contributed by atoms with Crippen LogP contribution in [0.15, 0.2) is 47.1 Å². The lowest BCUT2D eigenvalue weighted by Crippen LogP contribution is -2.32. The SMILES string of the molecule is COc1ccc(Cl)cc1NC1=C(Cl)C(=O)N(c2ccc(C)c(Cl)c2)C1=O. The van der Waals surface area contributed by atoms with Crippen LogP contribution < -0.4 is 15.0 Å². The Hall–Kier alpha value is -2.21. The zero-order valence-electron chi connectivity index (χ0n) is 13.8. The molecular formula is C18H13Cl3N2O3. The first-order valence-electron chi connectivity index (χ1n) is 7.48. The molecular weight excluding hydrogens is 399 g/mol. The molecule has 1 aliphatic heterocycles. The molecule has 5 nitrogen and oxygen atoms in total. The number of imide groups is 1. The van der Waals surface area contributed by atoms with Crippen LogP contribution >= 0.6 is 34.8 Å². The second kappa shape index (κ2) is 7.19. The summed E-state index contributed by atoms with van der Waals surface area (Å²) in [6.07, 6.45) is 0. The molecule has 1 heterocycles. The zero-order valence-corrected chi connectivity index (χ0v) is 16.0. The number of anilines is 2. The average Bonchev–Trinajstić information content (AvgIpc) is 2.81. The van der Waals surface area contributed by atoms with Gasteiger partial charge in [-0.05, 0) is 42.8 Å². The third kappa shape index (κ3) is 3.26. The molecule has 2 aromatic carbocycles. The first kappa shape index (κ1) is 18.6. The van der Waals surface area contributed by atoms with Crippen LogP contribution in [0.3, 0.4) is 0 Å². The highest BCUT2D eigenvalue weighted by Gasteiger charge is 2.39. The minimum absolute atomic E-state index is 0.0612. The van der Waals surface area contributed by atoms with Crippen LogP contribution in [-0.2, 0) is 9.59 Å².